The molecule has 2 heteroatoms. The Hall–Kier alpha value is -0.420. The fourth-order valence-corrected chi connectivity index (χ4v) is 4.33. The average Bonchev–Trinajstić information content (AvgIpc) is 2.19. The minimum Gasteiger partial charge on any atom is -0.294 e. The Morgan fingerprint density at radius 2 is 1.85 bits per heavy atom. The van der Waals surface area contributed by atoms with E-state index in [2.05, 4.69) is 27.4 Å². The van der Waals surface area contributed by atoms with Crippen LogP contribution in [0.25, 0.3) is 0 Å². The normalized spacial score (nSPS) is 45.5. The highest BCUT2D eigenvalue weighted by atomic mass is 31.1. The molecule has 0 N–H and O–H groups in total. The van der Waals surface area contributed by atoms with Gasteiger partial charge in [0.2, 0.25) is 0 Å². The molecule has 0 radical (unpaired) electrons. The van der Waals surface area contributed by atoms with Gasteiger partial charge in [-0.05, 0) is 40.5 Å². The van der Waals surface area contributed by atoms with Crippen LogP contribution in [-0.4, -0.2) is 10.7 Å². The van der Waals surface area contributed by atoms with Gasteiger partial charge in [0.15, 0.2) is 5.52 Å². The molecule has 0 aromatic rings. The molecule has 70 valence electrons. The third-order valence-electron chi connectivity index (χ3n) is 4.19. The number of allylic oxidation sites excluding steroid dienone is 3. The maximum Gasteiger partial charge on any atom is 0.163 e. The highest BCUT2D eigenvalue weighted by Crippen LogP contribution is 2.72. The molecule has 13 heavy (non-hydrogen) atoms. The molecule has 3 unspecified atom stereocenters. The molecule has 0 amide bonds. The standard InChI is InChI=1S/C11H15OP/c1-6-7(2)10(4)9(12)13-11(10,5)8(6)3/h13H,2H2,1,3-5H3. The molecular weight excluding hydrogens is 179 g/mol. The summed E-state index contributed by atoms with van der Waals surface area (Å²) in [6.07, 6.45) is 0. The molecule has 1 aliphatic heterocycles. The van der Waals surface area contributed by atoms with Crippen LogP contribution in [0.4, 0.5) is 0 Å². The Bertz CT molecular complexity index is 366. The molecule has 0 saturated carbocycles. The smallest absolute Gasteiger partial charge is 0.163 e. The van der Waals surface area contributed by atoms with Crippen LogP contribution in [0.3, 0.4) is 0 Å². The lowest BCUT2D eigenvalue weighted by Gasteiger charge is -2.51. The van der Waals surface area contributed by atoms with Crippen molar-refractivity contribution in [1.82, 2.24) is 0 Å². The Balaban J connectivity index is 2.63. The minimum atomic E-state index is -0.264. The number of carbonyl (C=O) groups is 1. The van der Waals surface area contributed by atoms with Gasteiger partial charge in [-0.1, -0.05) is 19.1 Å². The summed E-state index contributed by atoms with van der Waals surface area (Å²) in [6, 6.07) is 0. The van der Waals surface area contributed by atoms with E-state index in [0.29, 0.717) is 14.1 Å². The second-order valence-electron chi connectivity index (χ2n) is 4.43. The quantitative estimate of drug-likeness (QED) is 0.542. The fraction of sp³-hybridized carbons (Fsp3) is 0.545. The van der Waals surface area contributed by atoms with E-state index in [1.54, 1.807) is 0 Å². The summed E-state index contributed by atoms with van der Waals surface area (Å²) in [4.78, 5) is 11.7. The van der Waals surface area contributed by atoms with Crippen molar-refractivity contribution in [3.8, 4) is 0 Å². The van der Waals surface area contributed by atoms with Crippen molar-refractivity contribution >= 4 is 14.1 Å². The number of carbonyl (C=O) groups excluding carboxylic acids is 1. The molecule has 0 bridgehead atoms. The lowest BCUT2D eigenvalue weighted by atomic mass is 9.74. The van der Waals surface area contributed by atoms with Crippen LogP contribution in [0, 0.1) is 5.41 Å². The van der Waals surface area contributed by atoms with E-state index in [1.165, 1.54) is 11.1 Å². The summed E-state index contributed by atoms with van der Waals surface area (Å²) in [5.41, 5.74) is 3.80. The van der Waals surface area contributed by atoms with Crippen molar-refractivity contribution in [2.45, 2.75) is 32.9 Å². The van der Waals surface area contributed by atoms with E-state index in [1.807, 2.05) is 6.92 Å². The van der Waals surface area contributed by atoms with Crippen molar-refractivity contribution in [3.63, 3.8) is 0 Å². The number of fused-ring (bicyclic) bond motifs is 1. The first-order valence-electron chi connectivity index (χ1n) is 4.56. The second-order valence-corrected chi connectivity index (χ2v) is 6.14. The zero-order valence-corrected chi connectivity index (χ0v) is 9.62. The molecule has 0 aromatic carbocycles. The second kappa shape index (κ2) is 2.15. The van der Waals surface area contributed by atoms with Gasteiger partial charge in [-0.2, -0.15) is 0 Å². The molecular formula is C11H15OP. The molecule has 1 nitrogen and oxygen atoms in total. The topological polar surface area (TPSA) is 17.1 Å². The predicted octanol–water partition coefficient (Wildman–Crippen LogP) is 2.88. The number of rotatable bonds is 0. The maximum atomic E-state index is 11.7. The van der Waals surface area contributed by atoms with Gasteiger partial charge in [-0.25, -0.2) is 0 Å². The summed E-state index contributed by atoms with van der Waals surface area (Å²) in [5, 5.41) is 0.102. The Labute approximate surface area is 81.1 Å². The molecule has 1 fully saturated rings. The SMILES string of the molecule is C=C1C(C)=C(C)C2(C)PC(=O)C12C. The molecule has 2 rings (SSSR count). The van der Waals surface area contributed by atoms with Crippen LogP contribution in [-0.2, 0) is 4.79 Å². The molecule has 0 spiro atoms. The predicted molar refractivity (Wildman–Crippen MR) is 57.3 cm³/mol. The molecule has 3 atom stereocenters. The Morgan fingerprint density at radius 1 is 1.31 bits per heavy atom. The van der Waals surface area contributed by atoms with Crippen molar-refractivity contribution in [2.24, 2.45) is 5.41 Å². The first-order chi connectivity index (χ1) is 5.85. The van der Waals surface area contributed by atoms with Crippen molar-refractivity contribution in [1.29, 1.82) is 0 Å². The van der Waals surface area contributed by atoms with Crippen molar-refractivity contribution in [2.75, 3.05) is 0 Å². The zero-order chi connectivity index (χ0) is 10.0. The van der Waals surface area contributed by atoms with Gasteiger partial charge in [0, 0.05) is 5.16 Å². The van der Waals surface area contributed by atoms with Gasteiger partial charge in [-0.3, -0.25) is 4.79 Å². The Kier molecular flexibility index (Phi) is 1.51. The highest BCUT2D eigenvalue weighted by molar-refractivity contribution is 7.63. The third kappa shape index (κ3) is 0.678. The summed E-state index contributed by atoms with van der Waals surface area (Å²) in [6.45, 7) is 12.5. The van der Waals surface area contributed by atoms with E-state index in [-0.39, 0.29) is 10.6 Å². The van der Waals surface area contributed by atoms with E-state index in [0.717, 1.165) is 5.57 Å². The summed E-state index contributed by atoms with van der Waals surface area (Å²) >= 11 is 0. The first-order valence-corrected chi connectivity index (χ1v) is 5.56. The number of hydrogen-bond donors (Lipinski definition) is 0. The number of hydrogen-bond acceptors (Lipinski definition) is 1. The van der Waals surface area contributed by atoms with E-state index in [9.17, 15) is 4.79 Å². The van der Waals surface area contributed by atoms with Crippen LogP contribution >= 0.6 is 8.58 Å². The van der Waals surface area contributed by atoms with Gasteiger partial charge in [0.05, 0.1) is 5.41 Å². The van der Waals surface area contributed by atoms with E-state index >= 15 is 0 Å². The first kappa shape index (κ1) is 9.15. The maximum absolute atomic E-state index is 11.7. The van der Waals surface area contributed by atoms with E-state index in [4.69, 9.17) is 0 Å². The van der Waals surface area contributed by atoms with E-state index < -0.39 is 0 Å². The van der Waals surface area contributed by atoms with Crippen molar-refractivity contribution < 1.29 is 4.79 Å². The van der Waals surface area contributed by atoms with Crippen LogP contribution in [0.2, 0.25) is 0 Å². The molecule has 2 aliphatic rings. The fourth-order valence-electron chi connectivity index (χ4n) is 2.53. The molecule has 1 heterocycles. The van der Waals surface area contributed by atoms with Crippen LogP contribution in [0.1, 0.15) is 27.7 Å². The summed E-state index contributed by atoms with van der Waals surface area (Å²) < 4.78 is 0. The van der Waals surface area contributed by atoms with Crippen LogP contribution in [0.5, 0.6) is 0 Å². The van der Waals surface area contributed by atoms with Crippen molar-refractivity contribution in [3.05, 3.63) is 23.3 Å². The van der Waals surface area contributed by atoms with Gasteiger partial charge in [0.1, 0.15) is 0 Å². The molecule has 0 aromatic heterocycles. The van der Waals surface area contributed by atoms with Crippen LogP contribution in [0.15, 0.2) is 23.3 Å². The van der Waals surface area contributed by atoms with Crippen LogP contribution < -0.4 is 0 Å². The third-order valence-corrected chi connectivity index (χ3v) is 6.29. The Morgan fingerprint density at radius 3 is 2.15 bits per heavy atom. The molecule has 1 saturated heterocycles. The molecule has 1 aliphatic carbocycles. The summed E-state index contributed by atoms with van der Waals surface area (Å²) in [7, 11) is 0.447. The highest BCUT2D eigenvalue weighted by Gasteiger charge is 2.65. The minimum absolute atomic E-state index is 0.102. The average molecular weight is 194 g/mol. The van der Waals surface area contributed by atoms with Gasteiger partial charge < -0.3 is 0 Å². The summed E-state index contributed by atoms with van der Waals surface area (Å²) in [5.74, 6) is 0. The zero-order valence-electron chi connectivity index (χ0n) is 8.62. The lowest BCUT2D eigenvalue weighted by molar-refractivity contribution is -0.120. The largest absolute Gasteiger partial charge is 0.294 e. The van der Waals surface area contributed by atoms with Gasteiger partial charge in [0.25, 0.3) is 0 Å². The van der Waals surface area contributed by atoms with Gasteiger partial charge >= 0.3 is 0 Å². The lowest BCUT2D eigenvalue weighted by Crippen LogP contribution is -2.52. The monoisotopic (exact) mass is 194 g/mol. The van der Waals surface area contributed by atoms with Gasteiger partial charge in [-0.15, -0.1) is 0 Å².